The van der Waals surface area contributed by atoms with E-state index in [1.54, 1.807) is 4.90 Å². The number of carbonyl (C=O) groups excluding carboxylic acids is 2. The quantitative estimate of drug-likeness (QED) is 0.750. The number of aryl methyl sites for hydroxylation is 3. The van der Waals surface area contributed by atoms with Crippen LogP contribution in [0.4, 0.5) is 11.4 Å². The van der Waals surface area contributed by atoms with Crippen LogP contribution in [0.2, 0.25) is 0 Å². The Kier molecular flexibility index (Phi) is 3.93. The van der Waals surface area contributed by atoms with E-state index < -0.39 is 0 Å². The molecule has 4 heteroatoms. The van der Waals surface area contributed by atoms with Gasteiger partial charge in [-0.2, -0.15) is 0 Å². The van der Waals surface area contributed by atoms with Gasteiger partial charge in [-0.3, -0.25) is 9.59 Å². The summed E-state index contributed by atoms with van der Waals surface area (Å²) in [4.78, 5) is 27.2. The van der Waals surface area contributed by atoms with Crippen molar-refractivity contribution in [2.45, 2.75) is 26.2 Å². The Bertz CT molecular complexity index is 1110. The standard InChI is InChI=1S/C24H22N2O2/c1-15-4-2-6-19(12-15)26-14-18(13-22(26)27)24(28)25-21-11-10-17-9-8-16-5-3-7-20(21)23(16)17/h2-7,10-12,18H,8-9,13-14H2,1H3,(H,25,28). The number of hydrogen-bond acceptors (Lipinski definition) is 2. The molecule has 3 aromatic rings. The highest BCUT2D eigenvalue weighted by molar-refractivity contribution is 6.08. The van der Waals surface area contributed by atoms with E-state index >= 15 is 0 Å². The third kappa shape index (κ3) is 2.76. The summed E-state index contributed by atoms with van der Waals surface area (Å²) in [6.45, 7) is 2.43. The maximum atomic E-state index is 12.9. The Morgan fingerprint density at radius 2 is 1.82 bits per heavy atom. The number of hydrogen-bond donors (Lipinski definition) is 1. The molecular formula is C24H22N2O2. The molecule has 1 aliphatic heterocycles. The highest BCUT2D eigenvalue weighted by Crippen LogP contribution is 2.35. The number of rotatable bonds is 3. The second-order valence-corrected chi connectivity index (χ2v) is 7.85. The maximum Gasteiger partial charge on any atom is 0.229 e. The number of anilines is 2. The van der Waals surface area contributed by atoms with Crippen LogP contribution in [0.15, 0.2) is 54.6 Å². The summed E-state index contributed by atoms with van der Waals surface area (Å²) in [6.07, 6.45) is 2.38. The molecule has 1 unspecified atom stereocenters. The minimum Gasteiger partial charge on any atom is -0.325 e. The predicted octanol–water partition coefficient (Wildman–Crippen LogP) is 4.24. The number of carbonyl (C=O) groups is 2. The molecule has 1 heterocycles. The van der Waals surface area contributed by atoms with Crippen molar-refractivity contribution in [3.05, 3.63) is 71.3 Å². The molecule has 3 aromatic carbocycles. The Hall–Kier alpha value is -3.14. The van der Waals surface area contributed by atoms with Gasteiger partial charge in [0.15, 0.2) is 0 Å². The lowest BCUT2D eigenvalue weighted by atomic mass is 10.0. The molecule has 2 amide bonds. The van der Waals surface area contributed by atoms with Crippen LogP contribution in [0.5, 0.6) is 0 Å². The third-order valence-electron chi connectivity index (χ3n) is 5.94. The molecule has 28 heavy (non-hydrogen) atoms. The van der Waals surface area contributed by atoms with Gasteiger partial charge in [-0.1, -0.05) is 36.4 Å². The van der Waals surface area contributed by atoms with Crippen LogP contribution in [0.25, 0.3) is 10.8 Å². The van der Waals surface area contributed by atoms with Gasteiger partial charge in [-0.15, -0.1) is 0 Å². The van der Waals surface area contributed by atoms with E-state index in [1.165, 1.54) is 16.5 Å². The van der Waals surface area contributed by atoms with Gasteiger partial charge in [0.2, 0.25) is 11.8 Å². The van der Waals surface area contributed by atoms with E-state index in [2.05, 4.69) is 29.6 Å². The number of benzene rings is 3. The van der Waals surface area contributed by atoms with Crippen molar-refractivity contribution in [3.8, 4) is 0 Å². The largest absolute Gasteiger partial charge is 0.325 e. The molecule has 0 aromatic heterocycles. The van der Waals surface area contributed by atoms with E-state index in [0.29, 0.717) is 6.54 Å². The lowest BCUT2D eigenvalue weighted by molar-refractivity contribution is -0.122. The normalized spacial score (nSPS) is 18.1. The fourth-order valence-electron chi connectivity index (χ4n) is 4.52. The molecule has 1 N–H and O–H groups in total. The fourth-order valence-corrected chi connectivity index (χ4v) is 4.52. The first-order valence-electron chi connectivity index (χ1n) is 9.81. The fraction of sp³-hybridized carbons (Fsp3) is 0.250. The molecule has 2 aliphatic rings. The van der Waals surface area contributed by atoms with Crippen molar-refractivity contribution in [1.29, 1.82) is 0 Å². The minimum absolute atomic E-state index is 0.00570. The summed E-state index contributed by atoms with van der Waals surface area (Å²) < 4.78 is 0. The SMILES string of the molecule is Cc1cccc(N2CC(C(=O)Nc3ccc4c5c(cccc35)CC4)CC2=O)c1. The van der Waals surface area contributed by atoms with E-state index in [0.717, 1.165) is 35.2 Å². The first kappa shape index (κ1) is 17.0. The van der Waals surface area contributed by atoms with Crippen molar-refractivity contribution in [2.24, 2.45) is 5.92 Å². The van der Waals surface area contributed by atoms with Crippen LogP contribution >= 0.6 is 0 Å². The first-order chi connectivity index (χ1) is 13.6. The second kappa shape index (κ2) is 6.48. The van der Waals surface area contributed by atoms with Crippen LogP contribution in [0, 0.1) is 12.8 Å². The molecule has 0 radical (unpaired) electrons. The molecule has 1 aliphatic carbocycles. The zero-order valence-electron chi connectivity index (χ0n) is 15.9. The predicted molar refractivity (Wildman–Crippen MR) is 112 cm³/mol. The number of nitrogens with one attached hydrogen (secondary N) is 1. The highest BCUT2D eigenvalue weighted by atomic mass is 16.2. The van der Waals surface area contributed by atoms with E-state index in [9.17, 15) is 9.59 Å². The van der Waals surface area contributed by atoms with Crippen molar-refractivity contribution in [2.75, 3.05) is 16.8 Å². The zero-order valence-corrected chi connectivity index (χ0v) is 15.9. The highest BCUT2D eigenvalue weighted by Gasteiger charge is 2.35. The van der Waals surface area contributed by atoms with Crippen molar-refractivity contribution >= 4 is 34.0 Å². The van der Waals surface area contributed by atoms with Gasteiger partial charge >= 0.3 is 0 Å². The smallest absolute Gasteiger partial charge is 0.229 e. The number of amides is 2. The Morgan fingerprint density at radius 3 is 2.64 bits per heavy atom. The molecule has 0 spiro atoms. The third-order valence-corrected chi connectivity index (χ3v) is 5.94. The summed E-state index contributed by atoms with van der Waals surface area (Å²) in [6, 6.07) is 18.3. The van der Waals surface area contributed by atoms with Crippen molar-refractivity contribution in [3.63, 3.8) is 0 Å². The lowest BCUT2D eigenvalue weighted by Gasteiger charge is -2.17. The Labute approximate surface area is 164 Å². The lowest BCUT2D eigenvalue weighted by Crippen LogP contribution is -2.28. The summed E-state index contributed by atoms with van der Waals surface area (Å²) in [5, 5.41) is 5.47. The van der Waals surface area contributed by atoms with Gasteiger partial charge in [-0.25, -0.2) is 0 Å². The Morgan fingerprint density at radius 1 is 1.04 bits per heavy atom. The van der Waals surface area contributed by atoms with Crippen LogP contribution < -0.4 is 10.2 Å². The van der Waals surface area contributed by atoms with E-state index in [-0.39, 0.29) is 24.2 Å². The molecule has 1 fully saturated rings. The van der Waals surface area contributed by atoms with Gasteiger partial charge in [0, 0.05) is 29.7 Å². The molecule has 0 bridgehead atoms. The average molecular weight is 370 g/mol. The van der Waals surface area contributed by atoms with Crippen molar-refractivity contribution < 1.29 is 9.59 Å². The molecule has 1 saturated heterocycles. The molecule has 5 rings (SSSR count). The maximum absolute atomic E-state index is 12.9. The summed E-state index contributed by atoms with van der Waals surface area (Å²) in [5.41, 5.74) is 5.52. The molecular weight excluding hydrogens is 348 g/mol. The van der Waals surface area contributed by atoms with E-state index in [1.807, 2.05) is 37.3 Å². The summed E-state index contributed by atoms with van der Waals surface area (Å²) in [5.74, 6) is -0.413. The van der Waals surface area contributed by atoms with Crippen LogP contribution in [-0.2, 0) is 22.4 Å². The molecule has 1 atom stereocenters. The van der Waals surface area contributed by atoms with Gasteiger partial charge in [0.05, 0.1) is 5.92 Å². The zero-order chi connectivity index (χ0) is 19.3. The van der Waals surface area contributed by atoms with E-state index in [4.69, 9.17) is 0 Å². The topological polar surface area (TPSA) is 49.4 Å². The average Bonchev–Trinajstić information content (AvgIpc) is 3.29. The van der Waals surface area contributed by atoms with Crippen LogP contribution in [0.3, 0.4) is 0 Å². The second-order valence-electron chi connectivity index (χ2n) is 7.85. The number of nitrogens with zero attached hydrogens (tertiary/aromatic N) is 1. The van der Waals surface area contributed by atoms with Crippen LogP contribution in [-0.4, -0.2) is 18.4 Å². The molecule has 140 valence electrons. The monoisotopic (exact) mass is 370 g/mol. The van der Waals surface area contributed by atoms with Crippen molar-refractivity contribution in [1.82, 2.24) is 0 Å². The summed E-state index contributed by atoms with van der Waals surface area (Å²) >= 11 is 0. The van der Waals surface area contributed by atoms with Gasteiger partial charge < -0.3 is 10.2 Å². The molecule has 4 nitrogen and oxygen atoms in total. The van der Waals surface area contributed by atoms with Gasteiger partial charge in [-0.05, 0) is 60.0 Å². The Balaban J connectivity index is 1.39. The summed E-state index contributed by atoms with van der Waals surface area (Å²) in [7, 11) is 0. The van der Waals surface area contributed by atoms with Gasteiger partial charge in [0.1, 0.15) is 0 Å². The first-order valence-corrected chi connectivity index (χ1v) is 9.81. The van der Waals surface area contributed by atoms with Gasteiger partial charge in [0.25, 0.3) is 0 Å². The molecule has 0 saturated carbocycles. The minimum atomic E-state index is -0.337. The van der Waals surface area contributed by atoms with Crippen LogP contribution in [0.1, 0.15) is 23.1 Å².